The fourth-order valence-electron chi connectivity index (χ4n) is 2.98. The average molecular weight is 381 g/mol. The number of esters is 1. The number of pyridine rings is 1. The van der Waals surface area contributed by atoms with E-state index >= 15 is 0 Å². The Morgan fingerprint density at radius 1 is 1.33 bits per heavy atom. The van der Waals surface area contributed by atoms with E-state index in [1.54, 1.807) is 12.1 Å². The van der Waals surface area contributed by atoms with E-state index in [9.17, 15) is 18.0 Å². The first-order valence-electron chi connectivity index (χ1n) is 8.23. The maximum absolute atomic E-state index is 12.6. The van der Waals surface area contributed by atoms with Gasteiger partial charge in [-0.15, -0.1) is 0 Å². The Morgan fingerprint density at radius 3 is 2.85 bits per heavy atom. The van der Waals surface area contributed by atoms with Gasteiger partial charge in [0.15, 0.2) is 0 Å². The highest BCUT2D eigenvalue weighted by atomic mass is 19.4. The van der Waals surface area contributed by atoms with Gasteiger partial charge in [0.1, 0.15) is 5.65 Å². The zero-order chi connectivity index (χ0) is 19.0. The number of hydrogen-bond acceptors (Lipinski definition) is 7. The van der Waals surface area contributed by atoms with E-state index in [2.05, 4.69) is 25.2 Å². The zero-order valence-corrected chi connectivity index (χ0v) is 13.9. The third-order valence-corrected chi connectivity index (χ3v) is 4.28. The first-order valence-corrected chi connectivity index (χ1v) is 8.23. The van der Waals surface area contributed by atoms with Gasteiger partial charge in [-0.25, -0.2) is 14.3 Å². The van der Waals surface area contributed by atoms with Crippen molar-refractivity contribution in [2.45, 2.75) is 24.9 Å². The van der Waals surface area contributed by atoms with Crippen molar-refractivity contribution in [2.75, 3.05) is 13.1 Å². The second-order valence-corrected chi connectivity index (χ2v) is 6.08. The summed E-state index contributed by atoms with van der Waals surface area (Å²) in [6.07, 6.45) is -2.06. The topological polar surface area (TPSA) is 95.1 Å². The fourth-order valence-corrected chi connectivity index (χ4v) is 2.98. The maximum Gasteiger partial charge on any atom is 0.491 e. The van der Waals surface area contributed by atoms with Crippen LogP contribution in [-0.4, -0.2) is 44.9 Å². The minimum Gasteiger partial charge on any atom is -0.402 e. The molecule has 1 saturated heterocycles. The molecule has 0 aliphatic carbocycles. The molecule has 4 heterocycles. The Bertz CT molecular complexity index is 975. The lowest BCUT2D eigenvalue weighted by molar-refractivity contribution is -0.190. The molecule has 4 rings (SSSR count). The molecular weight excluding hydrogens is 367 g/mol. The van der Waals surface area contributed by atoms with Gasteiger partial charge in [0.25, 0.3) is 5.95 Å². The molecule has 1 N–H and O–H groups in total. The van der Waals surface area contributed by atoms with Gasteiger partial charge in [-0.1, -0.05) is 0 Å². The summed E-state index contributed by atoms with van der Waals surface area (Å²) in [4.78, 5) is 19.7. The monoisotopic (exact) mass is 381 g/mol. The predicted octanol–water partition coefficient (Wildman–Crippen LogP) is 2.34. The van der Waals surface area contributed by atoms with Crippen LogP contribution >= 0.6 is 0 Å². The maximum atomic E-state index is 12.6. The fraction of sp³-hybridized carbons (Fsp3) is 0.375. The molecule has 0 amide bonds. The lowest BCUT2D eigenvalue weighted by Gasteiger charge is -2.18. The van der Waals surface area contributed by atoms with Crippen molar-refractivity contribution in [3.63, 3.8) is 0 Å². The molecule has 0 unspecified atom stereocenters. The largest absolute Gasteiger partial charge is 0.491 e. The second-order valence-electron chi connectivity index (χ2n) is 6.08. The second kappa shape index (κ2) is 6.65. The molecule has 1 aliphatic rings. The number of carbonyl (C=O) groups is 1. The number of aromatic nitrogens is 4. The normalized spacial score (nSPS) is 16.0. The van der Waals surface area contributed by atoms with Crippen LogP contribution < -0.4 is 10.1 Å². The van der Waals surface area contributed by atoms with Crippen LogP contribution in [0.25, 0.3) is 17.0 Å². The Kier molecular flexibility index (Phi) is 4.30. The molecule has 3 aromatic rings. The molecule has 0 spiro atoms. The third-order valence-electron chi connectivity index (χ3n) is 4.28. The first-order chi connectivity index (χ1) is 12.9. The minimum atomic E-state index is -5.13. The molecule has 0 radical (unpaired) electrons. The van der Waals surface area contributed by atoms with Crippen LogP contribution in [-0.2, 0) is 4.79 Å². The highest BCUT2D eigenvalue weighted by Crippen LogP contribution is 2.30. The summed E-state index contributed by atoms with van der Waals surface area (Å²) < 4.78 is 48.8. The lowest BCUT2D eigenvalue weighted by atomic mass is 9.98. The third kappa shape index (κ3) is 3.37. The van der Waals surface area contributed by atoms with Crippen LogP contribution in [0.4, 0.5) is 13.2 Å². The molecule has 142 valence electrons. The Hall–Kier alpha value is -2.95. The van der Waals surface area contributed by atoms with E-state index in [-0.39, 0.29) is 23.4 Å². The molecule has 8 nitrogen and oxygen atoms in total. The van der Waals surface area contributed by atoms with Crippen molar-refractivity contribution >= 4 is 17.0 Å². The number of nitrogens with one attached hydrogen (secondary N) is 1. The van der Waals surface area contributed by atoms with Gasteiger partial charge >= 0.3 is 12.1 Å². The van der Waals surface area contributed by atoms with Crippen molar-refractivity contribution in [1.82, 2.24) is 25.0 Å². The van der Waals surface area contributed by atoms with E-state index in [1.807, 2.05) is 0 Å². The first kappa shape index (κ1) is 17.5. The molecule has 0 atom stereocenters. The van der Waals surface area contributed by atoms with Gasteiger partial charge in [-0.05, 0) is 43.2 Å². The Balaban J connectivity index is 1.75. The van der Waals surface area contributed by atoms with Gasteiger partial charge in [0, 0.05) is 23.6 Å². The summed E-state index contributed by atoms with van der Waals surface area (Å²) in [5, 5.41) is 7.54. The number of rotatable bonds is 3. The molecule has 3 aromatic heterocycles. The van der Waals surface area contributed by atoms with Gasteiger partial charge in [0.2, 0.25) is 11.8 Å². The molecule has 0 bridgehead atoms. The van der Waals surface area contributed by atoms with Gasteiger partial charge in [-0.2, -0.15) is 18.2 Å². The number of fused-ring (bicyclic) bond motifs is 1. The summed E-state index contributed by atoms with van der Waals surface area (Å²) in [6, 6.07) is 4.50. The molecule has 1 fully saturated rings. The molecule has 1 aliphatic heterocycles. The average Bonchev–Trinajstić information content (AvgIpc) is 3.25. The molecule has 11 heteroatoms. The molecule has 0 saturated carbocycles. The number of ether oxygens (including phenoxy) is 1. The van der Waals surface area contributed by atoms with Crippen LogP contribution in [0.1, 0.15) is 24.7 Å². The van der Waals surface area contributed by atoms with Crippen molar-refractivity contribution in [3.8, 4) is 11.8 Å². The zero-order valence-electron chi connectivity index (χ0n) is 13.9. The van der Waals surface area contributed by atoms with E-state index in [0.29, 0.717) is 11.3 Å². The molecular formula is C16H14F3N5O3. The highest BCUT2D eigenvalue weighted by Gasteiger charge is 2.42. The lowest BCUT2D eigenvalue weighted by Crippen LogP contribution is -2.28. The number of hydrogen-bond donors (Lipinski definition) is 1. The van der Waals surface area contributed by atoms with Crippen LogP contribution in [0, 0.1) is 0 Å². The Morgan fingerprint density at radius 2 is 2.11 bits per heavy atom. The van der Waals surface area contributed by atoms with E-state index in [1.165, 1.54) is 12.3 Å². The van der Waals surface area contributed by atoms with Gasteiger partial charge < -0.3 is 14.6 Å². The quantitative estimate of drug-likeness (QED) is 0.696. The summed E-state index contributed by atoms with van der Waals surface area (Å²) in [7, 11) is 0. The minimum absolute atomic E-state index is 0.0396. The molecule has 0 aromatic carbocycles. The van der Waals surface area contributed by atoms with Crippen molar-refractivity contribution < 1.29 is 27.2 Å². The molecule has 27 heavy (non-hydrogen) atoms. The van der Waals surface area contributed by atoms with Gasteiger partial charge in [-0.3, -0.25) is 0 Å². The van der Waals surface area contributed by atoms with Crippen LogP contribution in [0.5, 0.6) is 5.88 Å². The number of alkyl halides is 3. The highest BCUT2D eigenvalue weighted by molar-refractivity contribution is 5.83. The Labute approximate surface area is 150 Å². The van der Waals surface area contributed by atoms with Gasteiger partial charge in [0.05, 0.1) is 0 Å². The van der Waals surface area contributed by atoms with Crippen LogP contribution in [0.3, 0.4) is 0 Å². The van der Waals surface area contributed by atoms with E-state index in [0.717, 1.165) is 30.5 Å². The van der Waals surface area contributed by atoms with E-state index < -0.39 is 12.1 Å². The SMILES string of the molecule is O=C(Oc1cc2cccnc2n1-c1noc(C2CCNCC2)n1)C(F)(F)F. The number of carbonyl (C=O) groups excluding carboxylic acids is 1. The van der Waals surface area contributed by atoms with Crippen LogP contribution in [0.2, 0.25) is 0 Å². The summed E-state index contributed by atoms with van der Waals surface area (Å²) in [5.41, 5.74) is 0.250. The standard InChI is InChI=1S/C16H14F3N5O3/c17-16(18,19)14(25)26-11-8-10-2-1-5-21-12(10)24(11)15-22-13(27-23-15)9-3-6-20-7-4-9/h1-2,5,8-9,20H,3-4,6-7H2. The van der Waals surface area contributed by atoms with Crippen LogP contribution in [0.15, 0.2) is 28.9 Å². The number of piperidine rings is 1. The van der Waals surface area contributed by atoms with Crippen molar-refractivity contribution in [2.24, 2.45) is 0 Å². The van der Waals surface area contributed by atoms with Crippen molar-refractivity contribution in [1.29, 1.82) is 0 Å². The number of halogens is 3. The number of nitrogens with zero attached hydrogens (tertiary/aromatic N) is 4. The van der Waals surface area contributed by atoms with Crippen molar-refractivity contribution in [3.05, 3.63) is 30.3 Å². The van der Waals surface area contributed by atoms with E-state index in [4.69, 9.17) is 4.52 Å². The summed E-state index contributed by atoms with van der Waals surface area (Å²) in [6.45, 7) is 1.62. The summed E-state index contributed by atoms with van der Waals surface area (Å²) in [5.74, 6) is -2.32. The summed E-state index contributed by atoms with van der Waals surface area (Å²) >= 11 is 0. The predicted molar refractivity (Wildman–Crippen MR) is 85.5 cm³/mol. The smallest absolute Gasteiger partial charge is 0.402 e.